The van der Waals surface area contributed by atoms with Gasteiger partial charge in [-0.3, -0.25) is 0 Å². The number of aliphatic hydroxyl groups excluding tert-OH is 1. The van der Waals surface area contributed by atoms with Gasteiger partial charge in [0, 0.05) is 5.56 Å². The Hall–Kier alpha value is -1.80. The van der Waals surface area contributed by atoms with E-state index in [0.29, 0.717) is 0 Å². The summed E-state index contributed by atoms with van der Waals surface area (Å²) >= 11 is 0. The Kier molecular flexibility index (Phi) is 4.15. The van der Waals surface area contributed by atoms with Crippen molar-refractivity contribution in [3.8, 4) is 5.75 Å². The minimum Gasteiger partial charge on any atom is -0.496 e. The van der Waals surface area contributed by atoms with Gasteiger partial charge in [-0.1, -0.05) is 24.3 Å². The van der Waals surface area contributed by atoms with Gasteiger partial charge < -0.3 is 9.84 Å². The first-order valence-electron chi connectivity index (χ1n) is 6.84. The van der Waals surface area contributed by atoms with Crippen molar-refractivity contribution in [3.05, 3.63) is 63.7 Å². The summed E-state index contributed by atoms with van der Waals surface area (Å²) in [5.41, 5.74) is 6.41. The highest BCUT2D eigenvalue weighted by atomic mass is 16.5. The Bertz CT molecular complexity index is 630. The van der Waals surface area contributed by atoms with Crippen LogP contribution >= 0.6 is 0 Å². The highest BCUT2D eigenvalue weighted by Crippen LogP contribution is 2.33. The van der Waals surface area contributed by atoms with Gasteiger partial charge in [0.05, 0.1) is 7.11 Å². The van der Waals surface area contributed by atoms with E-state index < -0.39 is 6.10 Å². The van der Waals surface area contributed by atoms with E-state index in [1.165, 1.54) is 11.1 Å². The van der Waals surface area contributed by atoms with Crippen molar-refractivity contribution in [2.24, 2.45) is 0 Å². The lowest BCUT2D eigenvalue weighted by atomic mass is 9.93. The van der Waals surface area contributed by atoms with E-state index in [2.05, 4.69) is 26.0 Å². The van der Waals surface area contributed by atoms with Gasteiger partial charge in [0.15, 0.2) is 0 Å². The summed E-state index contributed by atoms with van der Waals surface area (Å²) in [5, 5.41) is 10.7. The number of methoxy groups -OCH3 is 1. The number of benzene rings is 2. The van der Waals surface area contributed by atoms with E-state index in [1.807, 2.05) is 32.0 Å². The van der Waals surface area contributed by atoms with Crippen LogP contribution in [0.15, 0.2) is 30.3 Å². The molecule has 0 saturated heterocycles. The molecule has 1 unspecified atom stereocenters. The fraction of sp³-hybridized carbons (Fsp3) is 0.333. The molecule has 0 saturated carbocycles. The van der Waals surface area contributed by atoms with E-state index in [9.17, 15) is 5.11 Å². The molecule has 0 aliphatic rings. The fourth-order valence-corrected chi connectivity index (χ4v) is 2.49. The summed E-state index contributed by atoms with van der Waals surface area (Å²) in [6, 6.07) is 10.1. The van der Waals surface area contributed by atoms with Crippen LogP contribution in [0.4, 0.5) is 0 Å². The first kappa shape index (κ1) is 14.6. The maximum absolute atomic E-state index is 10.7. The van der Waals surface area contributed by atoms with Crippen LogP contribution in [-0.4, -0.2) is 12.2 Å². The van der Waals surface area contributed by atoms with Gasteiger partial charge in [-0.2, -0.15) is 0 Å². The molecule has 1 N–H and O–H groups in total. The van der Waals surface area contributed by atoms with E-state index in [0.717, 1.165) is 28.0 Å². The molecule has 2 rings (SSSR count). The third-order valence-electron chi connectivity index (χ3n) is 3.86. The Balaban J connectivity index is 2.51. The molecule has 106 valence electrons. The predicted octanol–water partition coefficient (Wildman–Crippen LogP) is 4.01. The van der Waals surface area contributed by atoms with Crippen LogP contribution < -0.4 is 4.74 Å². The predicted molar refractivity (Wildman–Crippen MR) is 82.4 cm³/mol. The van der Waals surface area contributed by atoms with Crippen LogP contribution in [0.1, 0.15) is 39.5 Å². The second-order valence-electron chi connectivity index (χ2n) is 5.44. The number of hydrogen-bond acceptors (Lipinski definition) is 2. The number of hydrogen-bond donors (Lipinski definition) is 1. The standard InChI is InChI=1S/C18H22O2/c1-11-6-7-15(17(8-11)20-5)18(19)16-10-13(3)12(2)9-14(16)4/h6-10,18-19H,1-5H3. The summed E-state index contributed by atoms with van der Waals surface area (Å²) in [6.45, 7) is 8.20. The zero-order chi connectivity index (χ0) is 14.9. The van der Waals surface area contributed by atoms with Crippen LogP contribution in [0.5, 0.6) is 5.75 Å². The van der Waals surface area contributed by atoms with E-state index >= 15 is 0 Å². The van der Waals surface area contributed by atoms with Crippen molar-refractivity contribution >= 4 is 0 Å². The summed E-state index contributed by atoms with van der Waals surface area (Å²) in [5.74, 6) is 0.732. The first-order chi connectivity index (χ1) is 9.43. The largest absolute Gasteiger partial charge is 0.496 e. The van der Waals surface area contributed by atoms with Gasteiger partial charge in [0.1, 0.15) is 11.9 Å². The topological polar surface area (TPSA) is 29.5 Å². The quantitative estimate of drug-likeness (QED) is 0.913. The highest BCUT2D eigenvalue weighted by molar-refractivity contribution is 5.46. The third kappa shape index (κ3) is 2.70. The van der Waals surface area contributed by atoms with Crippen molar-refractivity contribution in [3.63, 3.8) is 0 Å². The molecule has 2 aromatic rings. The second kappa shape index (κ2) is 5.68. The van der Waals surface area contributed by atoms with Gasteiger partial charge in [-0.05, 0) is 61.6 Å². The van der Waals surface area contributed by atoms with Gasteiger partial charge in [0.2, 0.25) is 0 Å². The molecule has 2 aromatic carbocycles. The number of aryl methyl sites for hydroxylation is 4. The van der Waals surface area contributed by atoms with Gasteiger partial charge in [-0.25, -0.2) is 0 Å². The SMILES string of the molecule is COc1cc(C)ccc1C(O)c1cc(C)c(C)cc1C. The smallest absolute Gasteiger partial charge is 0.125 e. The van der Waals surface area contributed by atoms with Crippen molar-refractivity contribution in [2.75, 3.05) is 7.11 Å². The first-order valence-corrected chi connectivity index (χ1v) is 6.84. The van der Waals surface area contributed by atoms with Crippen molar-refractivity contribution in [2.45, 2.75) is 33.8 Å². The van der Waals surface area contributed by atoms with E-state index in [4.69, 9.17) is 4.74 Å². The van der Waals surface area contributed by atoms with Crippen LogP contribution in [0.2, 0.25) is 0 Å². The van der Waals surface area contributed by atoms with Gasteiger partial charge in [0.25, 0.3) is 0 Å². The lowest BCUT2D eigenvalue weighted by Crippen LogP contribution is -2.05. The molecule has 2 heteroatoms. The monoisotopic (exact) mass is 270 g/mol. The summed E-state index contributed by atoms with van der Waals surface area (Å²) in [4.78, 5) is 0. The second-order valence-corrected chi connectivity index (χ2v) is 5.44. The molecule has 0 heterocycles. The maximum Gasteiger partial charge on any atom is 0.125 e. The number of aliphatic hydroxyl groups is 1. The molecule has 0 aliphatic carbocycles. The van der Waals surface area contributed by atoms with Crippen LogP contribution in [-0.2, 0) is 0 Å². The van der Waals surface area contributed by atoms with Gasteiger partial charge >= 0.3 is 0 Å². The summed E-state index contributed by atoms with van der Waals surface area (Å²) in [6.07, 6.45) is -0.662. The molecule has 0 radical (unpaired) electrons. The van der Waals surface area contributed by atoms with Crippen LogP contribution in [0.3, 0.4) is 0 Å². The molecule has 0 spiro atoms. The zero-order valence-electron chi connectivity index (χ0n) is 12.8. The molecule has 0 bridgehead atoms. The summed E-state index contributed by atoms with van der Waals surface area (Å²) in [7, 11) is 1.64. The third-order valence-corrected chi connectivity index (χ3v) is 3.86. The molecule has 0 amide bonds. The van der Waals surface area contributed by atoms with Crippen molar-refractivity contribution in [1.29, 1.82) is 0 Å². The van der Waals surface area contributed by atoms with E-state index in [-0.39, 0.29) is 0 Å². The molecule has 1 atom stereocenters. The Morgan fingerprint density at radius 1 is 0.850 bits per heavy atom. The molecular formula is C18H22O2. The number of rotatable bonds is 3. The molecular weight excluding hydrogens is 248 g/mol. The Labute approximate surface area is 121 Å². The van der Waals surface area contributed by atoms with E-state index in [1.54, 1.807) is 7.11 Å². The summed E-state index contributed by atoms with van der Waals surface area (Å²) < 4.78 is 5.40. The Morgan fingerprint density at radius 3 is 2.15 bits per heavy atom. The average Bonchev–Trinajstić information content (AvgIpc) is 2.42. The van der Waals surface area contributed by atoms with Crippen molar-refractivity contribution < 1.29 is 9.84 Å². The Morgan fingerprint density at radius 2 is 1.50 bits per heavy atom. The lowest BCUT2D eigenvalue weighted by molar-refractivity contribution is 0.214. The average molecular weight is 270 g/mol. The fourth-order valence-electron chi connectivity index (χ4n) is 2.49. The minimum atomic E-state index is -0.662. The highest BCUT2D eigenvalue weighted by Gasteiger charge is 2.18. The molecule has 0 aliphatic heterocycles. The maximum atomic E-state index is 10.7. The molecule has 0 aromatic heterocycles. The molecule has 2 nitrogen and oxygen atoms in total. The molecule has 20 heavy (non-hydrogen) atoms. The molecule has 0 fully saturated rings. The zero-order valence-corrected chi connectivity index (χ0v) is 12.8. The normalized spacial score (nSPS) is 12.3. The van der Waals surface area contributed by atoms with Crippen LogP contribution in [0, 0.1) is 27.7 Å². The minimum absolute atomic E-state index is 0.662. The lowest BCUT2D eigenvalue weighted by Gasteiger charge is -2.19. The van der Waals surface area contributed by atoms with Crippen molar-refractivity contribution in [1.82, 2.24) is 0 Å². The van der Waals surface area contributed by atoms with Gasteiger partial charge in [-0.15, -0.1) is 0 Å². The van der Waals surface area contributed by atoms with Crippen LogP contribution in [0.25, 0.3) is 0 Å². The number of ether oxygens (including phenoxy) is 1.